The smallest absolute Gasteiger partial charge is 0.0655 e. The van der Waals surface area contributed by atoms with E-state index in [4.69, 9.17) is 0 Å². The molecule has 0 aliphatic heterocycles. The van der Waals surface area contributed by atoms with Crippen LogP contribution in [-0.2, 0) is 5.41 Å². The van der Waals surface area contributed by atoms with Crippen LogP contribution in [0.25, 0.3) is 0 Å². The SMILES string of the molecule is CCC(C)(C)c1ccc(C(Br)c2cscc2C)cc1. The molecule has 0 aliphatic rings. The quantitative estimate of drug-likeness (QED) is 0.580. The summed E-state index contributed by atoms with van der Waals surface area (Å²) in [5.41, 5.74) is 5.76. The van der Waals surface area contributed by atoms with Gasteiger partial charge in [-0.25, -0.2) is 0 Å². The number of hydrogen-bond acceptors (Lipinski definition) is 1. The zero-order valence-electron chi connectivity index (χ0n) is 12.0. The molecule has 0 N–H and O–H groups in total. The molecule has 102 valence electrons. The summed E-state index contributed by atoms with van der Waals surface area (Å²) < 4.78 is 0. The van der Waals surface area contributed by atoms with E-state index in [-0.39, 0.29) is 5.41 Å². The molecular weight excluding hydrogens is 316 g/mol. The van der Waals surface area contributed by atoms with Crippen molar-refractivity contribution in [2.45, 2.75) is 44.4 Å². The fourth-order valence-electron chi connectivity index (χ4n) is 2.12. The molecule has 0 nitrogen and oxygen atoms in total. The van der Waals surface area contributed by atoms with E-state index in [1.807, 2.05) is 0 Å². The Morgan fingerprint density at radius 2 is 1.79 bits per heavy atom. The summed E-state index contributed by atoms with van der Waals surface area (Å²) in [5.74, 6) is 0. The van der Waals surface area contributed by atoms with E-state index in [2.05, 4.69) is 78.7 Å². The second kappa shape index (κ2) is 5.80. The van der Waals surface area contributed by atoms with Crippen molar-refractivity contribution in [2.24, 2.45) is 0 Å². The molecule has 1 aromatic carbocycles. The van der Waals surface area contributed by atoms with E-state index in [0.717, 1.165) is 6.42 Å². The third-order valence-corrected chi connectivity index (χ3v) is 5.94. The van der Waals surface area contributed by atoms with Crippen molar-refractivity contribution in [3.63, 3.8) is 0 Å². The lowest BCUT2D eigenvalue weighted by Gasteiger charge is -2.24. The van der Waals surface area contributed by atoms with Gasteiger partial charge >= 0.3 is 0 Å². The number of aryl methyl sites for hydroxylation is 1. The minimum atomic E-state index is 0.263. The van der Waals surface area contributed by atoms with Crippen LogP contribution in [0.1, 0.15) is 54.3 Å². The molecule has 1 unspecified atom stereocenters. The van der Waals surface area contributed by atoms with Crippen molar-refractivity contribution in [1.82, 2.24) is 0 Å². The van der Waals surface area contributed by atoms with Gasteiger partial charge in [-0.15, -0.1) is 0 Å². The Morgan fingerprint density at radius 1 is 1.16 bits per heavy atom. The molecular formula is C17H21BrS. The van der Waals surface area contributed by atoms with E-state index < -0.39 is 0 Å². The molecule has 0 fully saturated rings. The molecule has 0 radical (unpaired) electrons. The van der Waals surface area contributed by atoms with Crippen molar-refractivity contribution >= 4 is 27.3 Å². The van der Waals surface area contributed by atoms with Gasteiger partial charge in [0.2, 0.25) is 0 Å². The molecule has 1 heterocycles. The van der Waals surface area contributed by atoms with Crippen LogP contribution in [0, 0.1) is 6.92 Å². The van der Waals surface area contributed by atoms with E-state index in [0.29, 0.717) is 4.83 Å². The predicted molar refractivity (Wildman–Crippen MR) is 89.6 cm³/mol. The van der Waals surface area contributed by atoms with Crippen LogP contribution in [0.2, 0.25) is 0 Å². The van der Waals surface area contributed by atoms with Gasteiger partial charge in [0.15, 0.2) is 0 Å². The first-order valence-corrected chi connectivity index (χ1v) is 8.58. The van der Waals surface area contributed by atoms with Gasteiger partial charge in [-0.2, -0.15) is 11.3 Å². The Hall–Kier alpha value is -0.600. The van der Waals surface area contributed by atoms with Crippen LogP contribution in [0.3, 0.4) is 0 Å². The minimum absolute atomic E-state index is 0.263. The lowest BCUT2D eigenvalue weighted by Crippen LogP contribution is -2.15. The zero-order valence-corrected chi connectivity index (χ0v) is 14.4. The van der Waals surface area contributed by atoms with Crippen LogP contribution in [0.4, 0.5) is 0 Å². The Kier molecular flexibility index (Phi) is 4.52. The van der Waals surface area contributed by atoms with Gasteiger partial charge in [-0.3, -0.25) is 0 Å². The van der Waals surface area contributed by atoms with E-state index in [9.17, 15) is 0 Å². The highest BCUT2D eigenvalue weighted by Crippen LogP contribution is 2.36. The molecule has 0 aliphatic carbocycles. The fourth-order valence-corrected chi connectivity index (χ4v) is 3.97. The predicted octanol–water partition coefficient (Wildman–Crippen LogP) is 6.23. The summed E-state index contributed by atoms with van der Waals surface area (Å²) in [6.07, 6.45) is 1.16. The normalized spacial score (nSPS) is 13.5. The third kappa shape index (κ3) is 3.11. The maximum absolute atomic E-state index is 3.82. The molecule has 19 heavy (non-hydrogen) atoms. The van der Waals surface area contributed by atoms with Crippen molar-refractivity contribution in [3.05, 3.63) is 57.3 Å². The Bertz CT molecular complexity index is 537. The molecule has 1 aromatic heterocycles. The molecule has 0 saturated carbocycles. The number of hydrogen-bond donors (Lipinski definition) is 0. The average Bonchev–Trinajstić information content (AvgIpc) is 2.84. The van der Waals surface area contributed by atoms with Gasteiger partial charge in [-0.1, -0.05) is 61.0 Å². The maximum atomic E-state index is 3.82. The topological polar surface area (TPSA) is 0 Å². The van der Waals surface area contributed by atoms with E-state index in [1.54, 1.807) is 11.3 Å². The van der Waals surface area contributed by atoms with Crippen LogP contribution in [-0.4, -0.2) is 0 Å². The molecule has 0 amide bonds. The van der Waals surface area contributed by atoms with Crippen LogP contribution in [0.5, 0.6) is 0 Å². The third-order valence-electron chi connectivity index (χ3n) is 4.04. The van der Waals surface area contributed by atoms with Crippen LogP contribution < -0.4 is 0 Å². The largest absolute Gasteiger partial charge is 0.152 e. The first-order valence-electron chi connectivity index (χ1n) is 6.73. The number of halogens is 1. The van der Waals surface area contributed by atoms with Crippen molar-refractivity contribution in [1.29, 1.82) is 0 Å². The second-order valence-corrected chi connectivity index (χ2v) is 7.39. The van der Waals surface area contributed by atoms with Crippen LogP contribution in [0.15, 0.2) is 35.0 Å². The first-order chi connectivity index (χ1) is 8.95. The molecule has 2 rings (SSSR count). The summed E-state index contributed by atoms with van der Waals surface area (Å²) in [6.45, 7) is 9.03. The molecule has 1 atom stereocenters. The van der Waals surface area contributed by atoms with Crippen molar-refractivity contribution in [3.8, 4) is 0 Å². The number of alkyl halides is 1. The highest BCUT2D eigenvalue weighted by molar-refractivity contribution is 9.09. The number of rotatable bonds is 4. The molecule has 0 spiro atoms. The minimum Gasteiger partial charge on any atom is -0.152 e. The van der Waals surface area contributed by atoms with E-state index in [1.165, 1.54) is 22.3 Å². The Morgan fingerprint density at radius 3 is 2.26 bits per heavy atom. The molecule has 2 heteroatoms. The van der Waals surface area contributed by atoms with Gasteiger partial charge in [0.05, 0.1) is 4.83 Å². The van der Waals surface area contributed by atoms with Gasteiger partial charge in [0.25, 0.3) is 0 Å². The highest BCUT2D eigenvalue weighted by atomic mass is 79.9. The van der Waals surface area contributed by atoms with Crippen LogP contribution >= 0.6 is 27.3 Å². The summed E-state index contributed by atoms with van der Waals surface area (Å²) in [5, 5.41) is 4.44. The zero-order chi connectivity index (χ0) is 14.0. The van der Waals surface area contributed by atoms with Gasteiger partial charge < -0.3 is 0 Å². The van der Waals surface area contributed by atoms with Gasteiger partial charge in [0.1, 0.15) is 0 Å². The highest BCUT2D eigenvalue weighted by Gasteiger charge is 2.19. The monoisotopic (exact) mass is 336 g/mol. The first kappa shape index (κ1) is 14.8. The summed E-state index contributed by atoms with van der Waals surface area (Å²) in [6, 6.07) is 9.05. The molecule has 0 saturated heterocycles. The molecule has 0 bridgehead atoms. The summed E-state index contributed by atoms with van der Waals surface area (Å²) >= 11 is 5.59. The van der Waals surface area contributed by atoms with Crippen molar-refractivity contribution in [2.75, 3.05) is 0 Å². The lowest BCUT2D eigenvalue weighted by molar-refractivity contribution is 0.506. The van der Waals surface area contributed by atoms with E-state index >= 15 is 0 Å². The number of benzene rings is 1. The fraction of sp³-hybridized carbons (Fsp3) is 0.412. The average molecular weight is 337 g/mol. The van der Waals surface area contributed by atoms with Crippen molar-refractivity contribution < 1.29 is 0 Å². The summed E-state index contributed by atoms with van der Waals surface area (Å²) in [4.78, 5) is 0.303. The second-order valence-electron chi connectivity index (χ2n) is 5.73. The number of thiophene rings is 1. The summed E-state index contributed by atoms with van der Waals surface area (Å²) in [7, 11) is 0. The molecule has 2 aromatic rings. The Balaban J connectivity index is 2.26. The lowest BCUT2D eigenvalue weighted by atomic mass is 9.82. The standard InChI is InChI=1S/C17H21BrS/c1-5-17(3,4)14-8-6-13(7-9-14)16(18)15-11-19-10-12(15)2/h6-11,16H,5H2,1-4H3. The van der Waals surface area contributed by atoms with Gasteiger partial charge in [0, 0.05) is 0 Å². The maximum Gasteiger partial charge on any atom is 0.0655 e. The Labute approximate surface area is 129 Å². The van der Waals surface area contributed by atoms with Gasteiger partial charge in [-0.05, 0) is 51.8 Å².